The molecule has 3 rings (SSSR count). The zero-order valence-electron chi connectivity index (χ0n) is 15.1. The number of unbranched alkanes of at least 4 members (excludes halogenated alkanes) is 1. The lowest BCUT2D eigenvalue weighted by atomic mass is 10.2. The molecule has 0 bridgehead atoms. The van der Waals surface area contributed by atoms with Gasteiger partial charge in [-0.3, -0.25) is 14.2 Å². The molecule has 0 fully saturated rings. The molecule has 0 atom stereocenters. The quantitative estimate of drug-likeness (QED) is 0.535. The van der Waals surface area contributed by atoms with Gasteiger partial charge in [-0.25, -0.2) is 9.97 Å². The summed E-state index contributed by atoms with van der Waals surface area (Å²) in [4.78, 5) is 33.2. The van der Waals surface area contributed by atoms with Gasteiger partial charge in [-0.15, -0.1) is 11.3 Å². The van der Waals surface area contributed by atoms with Crippen molar-refractivity contribution in [2.24, 2.45) is 0 Å². The summed E-state index contributed by atoms with van der Waals surface area (Å²) in [6, 6.07) is 5.40. The molecule has 0 spiro atoms. The van der Waals surface area contributed by atoms with Gasteiger partial charge in [0.25, 0.3) is 5.56 Å². The number of carbonyl (C=O) groups excluding carboxylic acids is 1. The molecule has 0 saturated carbocycles. The molecule has 2 heterocycles. The number of thiazole rings is 1. The highest BCUT2D eigenvalue weighted by molar-refractivity contribution is 9.10. The number of carbonyl (C=O) groups is 1. The number of aryl methyl sites for hydroxylation is 3. The molecule has 1 amide bonds. The lowest BCUT2D eigenvalue weighted by Gasteiger charge is -2.08. The summed E-state index contributed by atoms with van der Waals surface area (Å²) >= 11 is 5.05. The second-order valence-electron chi connectivity index (χ2n) is 6.34. The predicted octanol–water partition coefficient (Wildman–Crippen LogP) is 3.45. The molecule has 0 unspecified atom stereocenters. The second kappa shape index (κ2) is 9.23. The molecule has 142 valence electrons. The Kier molecular flexibility index (Phi) is 6.73. The number of nitrogens with zero attached hydrogens (tertiary/aromatic N) is 3. The van der Waals surface area contributed by atoms with Crippen LogP contribution in [0.2, 0.25) is 0 Å². The number of halogens is 1. The van der Waals surface area contributed by atoms with E-state index < -0.39 is 0 Å². The van der Waals surface area contributed by atoms with Crippen molar-refractivity contribution in [3.63, 3.8) is 0 Å². The Hall–Kier alpha value is -2.06. The minimum atomic E-state index is -0.132. The van der Waals surface area contributed by atoms with Crippen molar-refractivity contribution in [3.05, 3.63) is 55.4 Å². The maximum absolute atomic E-state index is 12.5. The third kappa shape index (κ3) is 5.46. The number of benzene rings is 1. The van der Waals surface area contributed by atoms with Crippen molar-refractivity contribution in [1.82, 2.24) is 19.9 Å². The van der Waals surface area contributed by atoms with Gasteiger partial charge in [-0.1, -0.05) is 15.9 Å². The van der Waals surface area contributed by atoms with E-state index in [-0.39, 0.29) is 17.9 Å². The molecule has 27 heavy (non-hydrogen) atoms. The van der Waals surface area contributed by atoms with Crippen LogP contribution in [0, 0.1) is 6.92 Å². The van der Waals surface area contributed by atoms with Gasteiger partial charge in [0.15, 0.2) is 0 Å². The van der Waals surface area contributed by atoms with Crippen molar-refractivity contribution in [3.8, 4) is 0 Å². The first-order valence-corrected chi connectivity index (χ1v) is 10.5. The first-order valence-electron chi connectivity index (χ1n) is 8.85. The highest BCUT2D eigenvalue weighted by atomic mass is 79.9. The molecule has 0 radical (unpaired) electrons. The number of amides is 1. The molecule has 0 aliphatic rings. The maximum atomic E-state index is 12.5. The molecule has 0 aliphatic heterocycles. The minimum absolute atomic E-state index is 0.0543. The number of nitrogens with one attached hydrogen (secondary N) is 1. The van der Waals surface area contributed by atoms with E-state index >= 15 is 0 Å². The van der Waals surface area contributed by atoms with E-state index in [9.17, 15) is 9.59 Å². The van der Waals surface area contributed by atoms with Crippen LogP contribution in [-0.2, 0) is 17.8 Å². The van der Waals surface area contributed by atoms with Gasteiger partial charge in [0.05, 0.1) is 22.2 Å². The Balaban J connectivity index is 1.43. The molecular weight excluding hydrogens is 428 g/mol. The van der Waals surface area contributed by atoms with Crippen molar-refractivity contribution < 1.29 is 4.79 Å². The van der Waals surface area contributed by atoms with Crippen LogP contribution in [0.15, 0.2) is 39.2 Å². The van der Waals surface area contributed by atoms with E-state index in [4.69, 9.17) is 0 Å². The average Bonchev–Trinajstić information content (AvgIpc) is 3.06. The van der Waals surface area contributed by atoms with Gasteiger partial charge in [-0.05, 0) is 44.4 Å². The van der Waals surface area contributed by atoms with Crippen LogP contribution in [-0.4, -0.2) is 27.0 Å². The zero-order chi connectivity index (χ0) is 19.2. The van der Waals surface area contributed by atoms with Gasteiger partial charge >= 0.3 is 0 Å². The van der Waals surface area contributed by atoms with E-state index in [2.05, 4.69) is 36.6 Å². The predicted molar refractivity (Wildman–Crippen MR) is 111 cm³/mol. The number of aromatic nitrogens is 3. The van der Waals surface area contributed by atoms with Crippen LogP contribution in [0.1, 0.15) is 30.0 Å². The topological polar surface area (TPSA) is 76.9 Å². The SMILES string of the molecule is Cc1csc(CCCCNC(=O)CCn2cnc3ccc(Br)cc3c2=O)n1. The fourth-order valence-corrected chi connectivity index (χ4v) is 3.93. The van der Waals surface area contributed by atoms with E-state index in [1.165, 1.54) is 10.9 Å². The summed E-state index contributed by atoms with van der Waals surface area (Å²) in [7, 11) is 0. The van der Waals surface area contributed by atoms with E-state index in [1.807, 2.05) is 13.0 Å². The van der Waals surface area contributed by atoms with Crippen LogP contribution in [0.3, 0.4) is 0 Å². The minimum Gasteiger partial charge on any atom is -0.356 e. The summed E-state index contributed by atoms with van der Waals surface area (Å²) in [5.41, 5.74) is 1.58. The summed E-state index contributed by atoms with van der Waals surface area (Å²) in [5.74, 6) is -0.0543. The molecule has 1 aromatic carbocycles. The first-order chi connectivity index (χ1) is 13.0. The molecule has 0 aliphatic carbocycles. The monoisotopic (exact) mass is 448 g/mol. The number of hydrogen-bond donors (Lipinski definition) is 1. The van der Waals surface area contributed by atoms with Crippen molar-refractivity contribution in [1.29, 1.82) is 0 Å². The largest absolute Gasteiger partial charge is 0.356 e. The Morgan fingerprint density at radius 2 is 2.19 bits per heavy atom. The van der Waals surface area contributed by atoms with Crippen molar-refractivity contribution in [2.75, 3.05) is 6.54 Å². The van der Waals surface area contributed by atoms with Crippen LogP contribution < -0.4 is 10.9 Å². The Bertz CT molecular complexity index is 999. The average molecular weight is 449 g/mol. The molecule has 2 aromatic heterocycles. The fourth-order valence-electron chi connectivity index (χ4n) is 2.75. The molecule has 8 heteroatoms. The Morgan fingerprint density at radius 3 is 2.96 bits per heavy atom. The fraction of sp³-hybridized carbons (Fsp3) is 0.368. The van der Waals surface area contributed by atoms with Crippen LogP contribution in [0.5, 0.6) is 0 Å². The van der Waals surface area contributed by atoms with Crippen molar-refractivity contribution in [2.45, 2.75) is 39.2 Å². The van der Waals surface area contributed by atoms with Gasteiger partial charge in [-0.2, -0.15) is 0 Å². The summed E-state index contributed by atoms with van der Waals surface area (Å²) in [6.45, 7) is 2.95. The molecule has 6 nitrogen and oxygen atoms in total. The van der Waals surface area contributed by atoms with Crippen LogP contribution in [0.4, 0.5) is 0 Å². The van der Waals surface area contributed by atoms with E-state index in [1.54, 1.807) is 23.5 Å². The molecule has 0 saturated heterocycles. The molecule has 3 aromatic rings. The standard InChI is InChI=1S/C19H21BrN4O2S/c1-13-11-27-18(23-13)4-2-3-8-21-17(25)7-9-24-12-22-16-6-5-14(20)10-15(16)19(24)26/h5-6,10-12H,2-4,7-9H2,1H3,(H,21,25). The normalized spacial score (nSPS) is 11.0. The Morgan fingerprint density at radius 1 is 1.33 bits per heavy atom. The number of hydrogen-bond acceptors (Lipinski definition) is 5. The number of rotatable bonds is 8. The maximum Gasteiger partial charge on any atom is 0.261 e. The zero-order valence-corrected chi connectivity index (χ0v) is 17.5. The first kappa shape index (κ1) is 19.7. The Labute approximate surface area is 169 Å². The highest BCUT2D eigenvalue weighted by Gasteiger charge is 2.07. The van der Waals surface area contributed by atoms with E-state index in [0.717, 1.165) is 34.4 Å². The van der Waals surface area contributed by atoms with Crippen molar-refractivity contribution >= 4 is 44.1 Å². The highest BCUT2D eigenvalue weighted by Crippen LogP contribution is 2.15. The molecular formula is C19H21BrN4O2S. The lowest BCUT2D eigenvalue weighted by molar-refractivity contribution is -0.121. The summed E-state index contributed by atoms with van der Waals surface area (Å²) in [6.07, 6.45) is 4.61. The third-order valence-electron chi connectivity index (χ3n) is 4.17. The van der Waals surface area contributed by atoms with E-state index in [0.29, 0.717) is 24.0 Å². The summed E-state index contributed by atoms with van der Waals surface area (Å²) < 4.78 is 2.32. The smallest absolute Gasteiger partial charge is 0.261 e. The second-order valence-corrected chi connectivity index (χ2v) is 8.20. The van der Waals surface area contributed by atoms with Gasteiger partial charge < -0.3 is 5.32 Å². The van der Waals surface area contributed by atoms with Gasteiger partial charge in [0.1, 0.15) is 0 Å². The molecule has 1 N–H and O–H groups in total. The van der Waals surface area contributed by atoms with Crippen LogP contribution in [0.25, 0.3) is 10.9 Å². The third-order valence-corrected chi connectivity index (χ3v) is 5.69. The van der Waals surface area contributed by atoms with Crippen LogP contribution >= 0.6 is 27.3 Å². The van der Waals surface area contributed by atoms with Gasteiger partial charge in [0.2, 0.25) is 5.91 Å². The number of fused-ring (bicyclic) bond motifs is 1. The lowest BCUT2D eigenvalue weighted by Crippen LogP contribution is -2.28. The summed E-state index contributed by atoms with van der Waals surface area (Å²) in [5, 5.41) is 6.66. The van der Waals surface area contributed by atoms with Gasteiger partial charge in [0, 0.05) is 35.1 Å².